The van der Waals surface area contributed by atoms with Gasteiger partial charge in [-0.05, 0) is 18.6 Å². The van der Waals surface area contributed by atoms with Gasteiger partial charge in [-0.15, -0.1) is 0 Å². The van der Waals surface area contributed by atoms with Crippen molar-refractivity contribution < 1.29 is 21.9 Å². The third-order valence-electron chi connectivity index (χ3n) is 5.64. The first-order valence-corrected chi connectivity index (χ1v) is 12.3. The maximum Gasteiger partial charge on any atom is 0.397 e. The number of benzene rings is 2. The van der Waals surface area contributed by atoms with Crippen LogP contribution in [0.4, 0.5) is 5.69 Å². The smallest absolute Gasteiger partial charge is 0.283 e. The highest BCUT2D eigenvalue weighted by atomic mass is 35.5. The lowest BCUT2D eigenvalue weighted by atomic mass is 9.97. The van der Waals surface area contributed by atoms with Crippen molar-refractivity contribution in [2.75, 3.05) is 20.1 Å². The minimum absolute atomic E-state index is 0.0509. The molecule has 1 aliphatic rings. The molecule has 0 fully saturated rings. The van der Waals surface area contributed by atoms with E-state index in [-0.39, 0.29) is 23.4 Å². The zero-order valence-electron chi connectivity index (χ0n) is 18.2. The number of amides is 1. The highest BCUT2D eigenvalue weighted by Crippen LogP contribution is 2.34. The van der Waals surface area contributed by atoms with Gasteiger partial charge in [0.05, 0.1) is 31.3 Å². The normalized spacial score (nSPS) is 20.1. The van der Waals surface area contributed by atoms with Crippen LogP contribution in [0.3, 0.4) is 0 Å². The molecule has 0 saturated heterocycles. The van der Waals surface area contributed by atoms with Gasteiger partial charge in [0.25, 0.3) is 0 Å². The van der Waals surface area contributed by atoms with Crippen LogP contribution >= 0.6 is 11.6 Å². The molecule has 1 aliphatic heterocycles. The molecule has 7 nitrogen and oxygen atoms in total. The summed E-state index contributed by atoms with van der Waals surface area (Å²) in [6, 6.07) is 14.9. The van der Waals surface area contributed by atoms with Crippen molar-refractivity contribution in [1.82, 2.24) is 4.48 Å². The van der Waals surface area contributed by atoms with E-state index in [1.165, 1.54) is 0 Å². The van der Waals surface area contributed by atoms with Crippen LogP contribution in [0.15, 0.2) is 53.5 Å². The first-order valence-electron chi connectivity index (χ1n) is 10.6. The van der Waals surface area contributed by atoms with E-state index in [2.05, 4.69) is 0 Å². The SMILES string of the molecule is CCCCC(C[N+]1(C)C(=O)CCN=C(c2ccccc2)c2cc(Cl)ccc21)OS(=O)(=O)O. The molecule has 2 unspecified atom stereocenters. The monoisotopic (exact) mass is 479 g/mol. The number of nitrogens with zero attached hydrogens (tertiary/aromatic N) is 2. The summed E-state index contributed by atoms with van der Waals surface area (Å²) in [6.45, 7) is 2.32. The van der Waals surface area contributed by atoms with Gasteiger partial charge in [0.2, 0.25) is 0 Å². The Hall–Kier alpha value is -2.10. The molecule has 0 saturated carbocycles. The Bertz CT molecular complexity index is 1100. The van der Waals surface area contributed by atoms with Crippen LogP contribution in [0.5, 0.6) is 0 Å². The average Bonchev–Trinajstić information content (AvgIpc) is 2.73. The van der Waals surface area contributed by atoms with E-state index in [1.807, 2.05) is 37.3 Å². The fraction of sp³-hybridized carbons (Fsp3) is 0.391. The summed E-state index contributed by atoms with van der Waals surface area (Å²) in [5.41, 5.74) is 2.98. The summed E-state index contributed by atoms with van der Waals surface area (Å²) in [5, 5.41) is 0.503. The molecule has 9 heteroatoms. The number of hydrogen-bond acceptors (Lipinski definition) is 5. The number of unbranched alkanes of at least 4 members (excludes halogenated alkanes) is 1. The minimum atomic E-state index is -4.67. The van der Waals surface area contributed by atoms with Crippen molar-refractivity contribution in [2.24, 2.45) is 4.99 Å². The Labute approximate surface area is 194 Å². The molecule has 2 aromatic carbocycles. The zero-order chi connectivity index (χ0) is 23.4. The number of halogens is 1. The summed E-state index contributed by atoms with van der Waals surface area (Å²) in [4.78, 5) is 18.1. The molecule has 0 bridgehead atoms. The molecule has 1 heterocycles. The quantitative estimate of drug-likeness (QED) is 0.446. The topological polar surface area (TPSA) is 93.0 Å². The number of carbonyl (C=O) groups excluding carboxylic acids is 1. The zero-order valence-corrected chi connectivity index (χ0v) is 19.8. The predicted octanol–water partition coefficient (Wildman–Crippen LogP) is 4.42. The van der Waals surface area contributed by atoms with E-state index in [9.17, 15) is 17.8 Å². The van der Waals surface area contributed by atoms with Gasteiger partial charge in [0.15, 0.2) is 0 Å². The van der Waals surface area contributed by atoms with Crippen molar-refractivity contribution in [3.63, 3.8) is 0 Å². The van der Waals surface area contributed by atoms with E-state index >= 15 is 0 Å². The van der Waals surface area contributed by atoms with Crippen LogP contribution in [-0.2, 0) is 19.4 Å². The second-order valence-electron chi connectivity index (χ2n) is 8.06. The Balaban J connectivity index is 2.13. The molecule has 0 radical (unpaired) electrons. The van der Waals surface area contributed by atoms with Crippen LogP contribution in [0.2, 0.25) is 5.02 Å². The number of aliphatic imine (C=N–C) groups is 1. The molecule has 1 N–H and O–H groups in total. The van der Waals surface area contributed by atoms with Gasteiger partial charge in [0.1, 0.15) is 18.3 Å². The van der Waals surface area contributed by atoms with Gasteiger partial charge < -0.3 is 0 Å². The number of fused-ring (bicyclic) bond motifs is 1. The lowest BCUT2D eigenvalue weighted by Gasteiger charge is -2.36. The Morgan fingerprint density at radius 1 is 1.22 bits per heavy atom. The van der Waals surface area contributed by atoms with Gasteiger partial charge in [-0.2, -0.15) is 8.42 Å². The maximum absolute atomic E-state index is 13.4. The van der Waals surface area contributed by atoms with Crippen molar-refractivity contribution in [3.05, 3.63) is 64.7 Å². The summed E-state index contributed by atoms with van der Waals surface area (Å²) < 4.78 is 37.1. The van der Waals surface area contributed by atoms with Crippen LogP contribution in [0.1, 0.15) is 43.7 Å². The molecule has 0 spiro atoms. The molecule has 32 heavy (non-hydrogen) atoms. The number of likely N-dealkylation sites (N-methyl/N-ethyl adjacent to an activating group) is 1. The third-order valence-corrected chi connectivity index (χ3v) is 6.40. The van der Waals surface area contributed by atoms with Gasteiger partial charge in [0, 0.05) is 16.7 Å². The molecular weight excluding hydrogens is 452 g/mol. The lowest BCUT2D eigenvalue weighted by molar-refractivity contribution is -0.130. The Morgan fingerprint density at radius 2 is 1.94 bits per heavy atom. The lowest BCUT2D eigenvalue weighted by Crippen LogP contribution is -2.56. The predicted molar refractivity (Wildman–Crippen MR) is 127 cm³/mol. The second kappa shape index (κ2) is 10.2. The molecular formula is C23H28ClN2O5S+. The van der Waals surface area contributed by atoms with Crippen molar-refractivity contribution in [2.45, 2.75) is 38.7 Å². The van der Waals surface area contributed by atoms with E-state index in [0.29, 0.717) is 35.7 Å². The molecule has 1 amide bonds. The van der Waals surface area contributed by atoms with E-state index in [0.717, 1.165) is 17.7 Å². The van der Waals surface area contributed by atoms with Gasteiger partial charge in [-0.25, -0.2) is 13.5 Å². The first-order chi connectivity index (χ1) is 15.1. The van der Waals surface area contributed by atoms with E-state index < -0.39 is 16.5 Å². The fourth-order valence-corrected chi connectivity index (χ4v) is 4.75. The average molecular weight is 480 g/mol. The van der Waals surface area contributed by atoms with Crippen molar-refractivity contribution >= 4 is 39.3 Å². The summed E-state index contributed by atoms with van der Waals surface area (Å²) >= 11 is 6.33. The minimum Gasteiger partial charge on any atom is -0.283 e. The number of quaternary nitrogens is 1. The summed E-state index contributed by atoms with van der Waals surface area (Å²) in [5.74, 6) is -0.120. The number of hydrogen-bond donors (Lipinski definition) is 1. The summed E-state index contributed by atoms with van der Waals surface area (Å²) in [6.07, 6.45) is 1.22. The van der Waals surface area contributed by atoms with Gasteiger partial charge in [-0.3, -0.25) is 9.55 Å². The molecule has 3 rings (SSSR count). The number of carbonyl (C=O) groups is 1. The highest BCUT2D eigenvalue weighted by Gasteiger charge is 2.41. The van der Waals surface area contributed by atoms with Crippen LogP contribution in [0.25, 0.3) is 0 Å². The second-order valence-corrected chi connectivity index (χ2v) is 9.55. The van der Waals surface area contributed by atoms with Crippen molar-refractivity contribution in [3.8, 4) is 0 Å². The number of rotatable bonds is 8. The van der Waals surface area contributed by atoms with Gasteiger partial charge in [-0.1, -0.05) is 61.7 Å². The molecule has 0 aliphatic carbocycles. The van der Waals surface area contributed by atoms with Crippen LogP contribution in [0, 0.1) is 0 Å². The van der Waals surface area contributed by atoms with E-state index in [1.54, 1.807) is 25.2 Å². The Morgan fingerprint density at radius 3 is 2.59 bits per heavy atom. The van der Waals surface area contributed by atoms with Gasteiger partial charge >= 0.3 is 16.3 Å². The fourth-order valence-electron chi connectivity index (χ4n) is 4.08. The molecule has 2 aromatic rings. The highest BCUT2D eigenvalue weighted by molar-refractivity contribution is 7.80. The first kappa shape index (κ1) is 24.5. The van der Waals surface area contributed by atoms with E-state index in [4.69, 9.17) is 20.8 Å². The molecule has 2 atom stereocenters. The van der Waals surface area contributed by atoms with Crippen LogP contribution < -0.4 is 4.48 Å². The largest absolute Gasteiger partial charge is 0.397 e. The maximum atomic E-state index is 13.4. The van der Waals surface area contributed by atoms with Crippen molar-refractivity contribution in [1.29, 1.82) is 0 Å². The molecule has 172 valence electrons. The molecule has 0 aromatic heterocycles. The standard InChI is InChI=1S/C23H27ClN2O5S/c1-3-4-10-19(31-32(28,29)30)16-26(2)21-12-11-18(24)15-20(21)23(25-14-13-22(26)27)17-8-6-5-7-9-17/h5-9,11-12,15,19H,3-4,10,13-14,16H2,1-2H3/p+1. The van der Waals surface area contributed by atoms with Crippen LogP contribution in [-0.4, -0.2) is 50.8 Å². The third kappa shape index (κ3) is 5.82. The Kier molecular flexibility index (Phi) is 7.84. The summed E-state index contributed by atoms with van der Waals surface area (Å²) in [7, 11) is -2.92.